The molecule has 4 heterocycles. The van der Waals surface area contributed by atoms with Crippen LogP contribution in [0.4, 0.5) is 0 Å². The van der Waals surface area contributed by atoms with Crippen LogP contribution in [0.3, 0.4) is 0 Å². The van der Waals surface area contributed by atoms with Crippen molar-refractivity contribution in [3.8, 4) is 0 Å². The molecular formula is C16H22N2OS2. The Morgan fingerprint density at radius 3 is 2.76 bits per heavy atom. The summed E-state index contributed by atoms with van der Waals surface area (Å²) in [7, 11) is 0. The maximum atomic E-state index is 13.0. The Hall–Kier alpha value is -0.520. The number of carbonyl (C=O) groups excluding carboxylic acids is 1. The topological polar surface area (TPSA) is 32.3 Å². The first kappa shape index (κ1) is 14.1. The number of carbonyl (C=O) groups is 1. The molecular weight excluding hydrogens is 300 g/mol. The zero-order valence-corrected chi connectivity index (χ0v) is 13.8. The van der Waals surface area contributed by atoms with Crippen molar-refractivity contribution in [2.24, 2.45) is 11.8 Å². The quantitative estimate of drug-likeness (QED) is 0.862. The lowest BCUT2D eigenvalue weighted by molar-refractivity contribution is -0.130. The molecule has 0 bridgehead atoms. The number of amides is 1. The normalized spacial score (nSPS) is 32.4. The van der Waals surface area contributed by atoms with Crippen LogP contribution in [-0.4, -0.2) is 42.7 Å². The maximum Gasteiger partial charge on any atom is 0.240 e. The Kier molecular flexibility index (Phi) is 3.98. The van der Waals surface area contributed by atoms with E-state index in [1.165, 1.54) is 23.3 Å². The summed E-state index contributed by atoms with van der Waals surface area (Å²) in [5.41, 5.74) is 1.30. The van der Waals surface area contributed by atoms with Crippen molar-refractivity contribution in [1.82, 2.24) is 10.2 Å². The van der Waals surface area contributed by atoms with Gasteiger partial charge in [0.1, 0.15) is 5.25 Å². The van der Waals surface area contributed by atoms with Crippen molar-refractivity contribution in [2.75, 3.05) is 31.9 Å². The van der Waals surface area contributed by atoms with Gasteiger partial charge >= 0.3 is 0 Å². The first-order chi connectivity index (χ1) is 10.3. The highest BCUT2D eigenvalue weighted by Crippen LogP contribution is 2.41. The number of aryl methyl sites for hydroxylation is 1. The van der Waals surface area contributed by atoms with E-state index in [1.54, 1.807) is 0 Å². The largest absolute Gasteiger partial charge is 0.341 e. The highest BCUT2D eigenvalue weighted by atomic mass is 32.2. The Balaban J connectivity index is 1.48. The summed E-state index contributed by atoms with van der Waals surface area (Å²) in [5.74, 6) is 3.04. The van der Waals surface area contributed by atoms with E-state index in [1.807, 2.05) is 23.1 Å². The van der Waals surface area contributed by atoms with Crippen LogP contribution in [0, 0.1) is 11.8 Å². The van der Waals surface area contributed by atoms with Gasteiger partial charge in [-0.3, -0.25) is 4.79 Å². The molecule has 2 saturated heterocycles. The molecule has 4 rings (SSSR count). The minimum Gasteiger partial charge on any atom is -0.341 e. The van der Waals surface area contributed by atoms with Crippen LogP contribution in [0.2, 0.25) is 0 Å². The van der Waals surface area contributed by atoms with E-state index in [0.717, 1.165) is 50.2 Å². The third-order valence-corrected chi connectivity index (χ3v) is 7.46. The molecule has 3 atom stereocenters. The fourth-order valence-electron chi connectivity index (χ4n) is 3.96. The highest BCUT2D eigenvalue weighted by molar-refractivity contribution is 8.00. The van der Waals surface area contributed by atoms with Gasteiger partial charge in [0.25, 0.3) is 0 Å². The van der Waals surface area contributed by atoms with E-state index < -0.39 is 0 Å². The molecule has 114 valence electrons. The van der Waals surface area contributed by atoms with Gasteiger partial charge in [-0.05, 0) is 67.0 Å². The number of hydrogen-bond donors (Lipinski definition) is 1. The van der Waals surface area contributed by atoms with Gasteiger partial charge in [0, 0.05) is 18.0 Å². The molecule has 3 nitrogen and oxygen atoms in total. The van der Waals surface area contributed by atoms with Crippen LogP contribution in [0.25, 0.3) is 0 Å². The molecule has 1 aromatic heterocycles. The Morgan fingerprint density at radius 1 is 1.24 bits per heavy atom. The van der Waals surface area contributed by atoms with Crippen LogP contribution in [0.5, 0.6) is 0 Å². The van der Waals surface area contributed by atoms with Crippen molar-refractivity contribution in [3.05, 3.63) is 21.9 Å². The summed E-state index contributed by atoms with van der Waals surface area (Å²) in [5, 5.41) is 5.72. The maximum absolute atomic E-state index is 13.0. The number of thioether (sulfide) groups is 1. The number of rotatable bonds is 1. The molecule has 3 aliphatic heterocycles. The van der Waals surface area contributed by atoms with Crippen molar-refractivity contribution >= 4 is 29.0 Å². The second-order valence-electron chi connectivity index (χ2n) is 6.38. The first-order valence-corrected chi connectivity index (χ1v) is 9.93. The minimum atomic E-state index is 0.0658. The molecule has 0 saturated carbocycles. The summed E-state index contributed by atoms with van der Waals surface area (Å²) in [6.45, 7) is 4.22. The summed E-state index contributed by atoms with van der Waals surface area (Å²) < 4.78 is 0. The van der Waals surface area contributed by atoms with Crippen LogP contribution < -0.4 is 5.32 Å². The van der Waals surface area contributed by atoms with Crippen molar-refractivity contribution < 1.29 is 4.79 Å². The average molecular weight is 322 g/mol. The number of nitrogens with one attached hydrogen (secondary N) is 1. The molecule has 1 N–H and O–H groups in total. The standard InChI is InChI=1S/C16H22N2OS2/c19-16(15-13-3-7-20-14(13)4-8-21-15)18-5-1-11-9-17-10-12(11)2-6-18/h3,7,11-12,15,17H,1-2,4-6,8-10H2/t11-,12+,15?. The van der Waals surface area contributed by atoms with Gasteiger partial charge in [0.05, 0.1) is 0 Å². The molecule has 1 amide bonds. The van der Waals surface area contributed by atoms with E-state index in [2.05, 4.69) is 21.7 Å². The lowest BCUT2D eigenvalue weighted by atomic mass is 9.92. The molecule has 1 aromatic rings. The average Bonchev–Trinajstić information content (AvgIpc) is 3.11. The van der Waals surface area contributed by atoms with Gasteiger partial charge in [-0.2, -0.15) is 0 Å². The Labute approximate surface area is 134 Å². The molecule has 0 radical (unpaired) electrons. The van der Waals surface area contributed by atoms with Gasteiger partial charge in [0.15, 0.2) is 0 Å². The van der Waals surface area contributed by atoms with Gasteiger partial charge < -0.3 is 10.2 Å². The summed E-state index contributed by atoms with van der Waals surface area (Å²) in [6.07, 6.45) is 3.49. The fourth-order valence-corrected chi connectivity index (χ4v) is 6.33. The van der Waals surface area contributed by atoms with Crippen LogP contribution >= 0.6 is 23.1 Å². The number of hydrogen-bond acceptors (Lipinski definition) is 4. The SMILES string of the molecule is O=C(C1SCCc2sccc21)N1CC[C@@H]2CNC[C@@H]2CC1. The minimum absolute atomic E-state index is 0.0658. The molecule has 1 unspecified atom stereocenters. The molecule has 2 fully saturated rings. The van der Waals surface area contributed by atoms with Crippen LogP contribution in [-0.2, 0) is 11.2 Å². The zero-order chi connectivity index (χ0) is 14.2. The van der Waals surface area contributed by atoms with Gasteiger partial charge in [0.2, 0.25) is 5.91 Å². The lowest BCUT2D eigenvalue weighted by Gasteiger charge is -2.28. The van der Waals surface area contributed by atoms with Crippen molar-refractivity contribution in [3.63, 3.8) is 0 Å². The van der Waals surface area contributed by atoms with Gasteiger partial charge in [-0.25, -0.2) is 0 Å². The van der Waals surface area contributed by atoms with E-state index >= 15 is 0 Å². The lowest BCUT2D eigenvalue weighted by Crippen LogP contribution is -2.36. The third-order valence-electron chi connectivity index (χ3n) is 5.23. The summed E-state index contributed by atoms with van der Waals surface area (Å²) >= 11 is 3.66. The molecule has 0 aromatic carbocycles. The Morgan fingerprint density at radius 2 is 2.00 bits per heavy atom. The monoisotopic (exact) mass is 322 g/mol. The van der Waals surface area contributed by atoms with Crippen LogP contribution in [0.1, 0.15) is 28.5 Å². The molecule has 0 aliphatic carbocycles. The van der Waals surface area contributed by atoms with Crippen molar-refractivity contribution in [2.45, 2.75) is 24.5 Å². The summed E-state index contributed by atoms with van der Waals surface area (Å²) in [6, 6.07) is 2.17. The number of fused-ring (bicyclic) bond motifs is 2. The fraction of sp³-hybridized carbons (Fsp3) is 0.688. The van der Waals surface area contributed by atoms with Gasteiger partial charge in [-0.1, -0.05) is 0 Å². The Bertz CT molecular complexity index is 516. The highest BCUT2D eigenvalue weighted by Gasteiger charge is 2.35. The van der Waals surface area contributed by atoms with E-state index in [9.17, 15) is 4.79 Å². The molecule has 0 spiro atoms. The predicted octanol–water partition coefficient (Wildman–Crippen LogP) is 2.54. The number of likely N-dealkylation sites (tertiary alicyclic amines) is 1. The first-order valence-electron chi connectivity index (χ1n) is 8.00. The second kappa shape index (κ2) is 5.94. The molecule has 21 heavy (non-hydrogen) atoms. The number of nitrogens with zero attached hydrogens (tertiary/aromatic N) is 1. The zero-order valence-electron chi connectivity index (χ0n) is 12.2. The van der Waals surface area contributed by atoms with Crippen LogP contribution in [0.15, 0.2) is 11.4 Å². The van der Waals surface area contributed by atoms with Gasteiger partial charge in [-0.15, -0.1) is 23.1 Å². The third kappa shape index (κ3) is 2.64. The predicted molar refractivity (Wildman–Crippen MR) is 88.9 cm³/mol. The second-order valence-corrected chi connectivity index (χ2v) is 8.59. The molecule has 3 aliphatic rings. The smallest absolute Gasteiger partial charge is 0.240 e. The van der Waals surface area contributed by atoms with E-state index in [-0.39, 0.29) is 5.25 Å². The van der Waals surface area contributed by atoms with E-state index in [4.69, 9.17) is 0 Å². The number of thiophene rings is 1. The van der Waals surface area contributed by atoms with E-state index in [0.29, 0.717) is 5.91 Å². The molecule has 5 heteroatoms. The summed E-state index contributed by atoms with van der Waals surface area (Å²) in [4.78, 5) is 16.6. The van der Waals surface area contributed by atoms with Crippen molar-refractivity contribution in [1.29, 1.82) is 0 Å².